The van der Waals surface area contributed by atoms with Crippen molar-refractivity contribution in [3.63, 3.8) is 0 Å². The molecule has 0 aliphatic carbocycles. The van der Waals surface area contributed by atoms with Gasteiger partial charge in [-0.15, -0.1) is 0 Å². The van der Waals surface area contributed by atoms with Gasteiger partial charge in [0.2, 0.25) is 20.0 Å². The van der Waals surface area contributed by atoms with Crippen LogP contribution >= 0.6 is 23.2 Å². The highest BCUT2D eigenvalue weighted by atomic mass is 35.5. The van der Waals surface area contributed by atoms with Crippen LogP contribution in [0.4, 0.5) is 0 Å². The zero-order valence-electron chi connectivity index (χ0n) is 11.5. The lowest BCUT2D eigenvalue weighted by Gasteiger charge is -2.09. The molecule has 0 atom stereocenters. The third kappa shape index (κ3) is 4.66. The number of nitrogens with one attached hydrogen (secondary N) is 1. The summed E-state index contributed by atoms with van der Waals surface area (Å²) < 4.78 is 49.4. The molecule has 0 unspecified atom stereocenters. The smallest absolute Gasteiger partial charge is 0.225 e. The minimum absolute atomic E-state index is 0.0715. The summed E-state index contributed by atoms with van der Waals surface area (Å²) in [5.41, 5.74) is 0.530. The lowest BCUT2D eigenvalue weighted by molar-refractivity contribution is 0.581. The van der Waals surface area contributed by atoms with Crippen molar-refractivity contribution >= 4 is 43.2 Å². The monoisotopic (exact) mass is 394 g/mol. The fourth-order valence-electron chi connectivity index (χ4n) is 1.74. The van der Waals surface area contributed by atoms with E-state index in [2.05, 4.69) is 4.72 Å². The normalized spacial score (nSPS) is 12.3. The number of hydrogen-bond donors (Lipinski definition) is 2. The van der Waals surface area contributed by atoms with Crippen LogP contribution < -0.4 is 9.86 Å². The van der Waals surface area contributed by atoms with Crippen LogP contribution in [0.2, 0.25) is 10.0 Å². The van der Waals surface area contributed by atoms with E-state index in [-0.39, 0.29) is 16.3 Å². The predicted molar refractivity (Wildman–Crippen MR) is 88.3 cm³/mol. The lowest BCUT2D eigenvalue weighted by atomic mass is 10.2. The van der Waals surface area contributed by atoms with E-state index in [1.54, 1.807) is 12.1 Å². The number of nitrogens with two attached hydrogens (primary N) is 1. The Morgan fingerprint density at radius 1 is 0.957 bits per heavy atom. The standard InChI is InChI=1S/C13H12Cl2N2O4S2/c14-10-5-4-9(13(15)6-10)8-17-23(20,21)12-3-1-2-11(7-12)22(16,18)19/h1-7,17H,8H2,(H2,16,18,19). The molecule has 0 bridgehead atoms. The molecular formula is C13H12Cl2N2O4S2. The van der Waals surface area contributed by atoms with E-state index >= 15 is 0 Å². The summed E-state index contributed by atoms with van der Waals surface area (Å²) in [6.45, 7) is -0.0715. The van der Waals surface area contributed by atoms with Gasteiger partial charge < -0.3 is 0 Å². The summed E-state index contributed by atoms with van der Waals surface area (Å²) in [4.78, 5) is -0.501. The Morgan fingerprint density at radius 3 is 2.22 bits per heavy atom. The lowest BCUT2D eigenvalue weighted by Crippen LogP contribution is -2.24. The van der Waals surface area contributed by atoms with E-state index < -0.39 is 20.0 Å². The Labute approximate surface area is 144 Å². The molecule has 0 heterocycles. The third-order valence-corrected chi connectivity index (χ3v) is 5.81. The molecule has 0 amide bonds. The first-order chi connectivity index (χ1) is 10.6. The fourth-order valence-corrected chi connectivity index (χ4v) is 3.90. The van der Waals surface area contributed by atoms with Crippen molar-refractivity contribution in [2.45, 2.75) is 16.3 Å². The molecule has 124 valence electrons. The van der Waals surface area contributed by atoms with Crippen LogP contribution in [0.5, 0.6) is 0 Å². The topological polar surface area (TPSA) is 106 Å². The van der Waals surface area contributed by atoms with E-state index in [0.29, 0.717) is 15.6 Å². The quantitative estimate of drug-likeness (QED) is 0.809. The van der Waals surface area contributed by atoms with Crippen LogP contribution in [0.1, 0.15) is 5.56 Å². The van der Waals surface area contributed by atoms with Gasteiger partial charge in [0, 0.05) is 16.6 Å². The van der Waals surface area contributed by atoms with Crippen LogP contribution in [0.25, 0.3) is 0 Å². The van der Waals surface area contributed by atoms with Crippen molar-refractivity contribution in [1.29, 1.82) is 0 Å². The number of sulfonamides is 2. The summed E-state index contributed by atoms with van der Waals surface area (Å²) in [5.74, 6) is 0. The molecule has 2 aromatic carbocycles. The summed E-state index contributed by atoms with van der Waals surface area (Å²) in [6, 6.07) is 9.43. The van der Waals surface area contributed by atoms with Crippen molar-refractivity contribution in [3.05, 3.63) is 58.1 Å². The maximum Gasteiger partial charge on any atom is 0.240 e. The zero-order valence-corrected chi connectivity index (χ0v) is 14.7. The SMILES string of the molecule is NS(=O)(=O)c1cccc(S(=O)(=O)NCc2ccc(Cl)cc2Cl)c1. The van der Waals surface area contributed by atoms with Crippen molar-refractivity contribution in [2.24, 2.45) is 5.14 Å². The van der Waals surface area contributed by atoms with Gasteiger partial charge in [-0.1, -0.05) is 35.3 Å². The van der Waals surface area contributed by atoms with Gasteiger partial charge in [-0.05, 0) is 35.9 Å². The second kappa shape index (κ2) is 6.76. The highest BCUT2D eigenvalue weighted by molar-refractivity contribution is 7.90. The molecule has 2 aromatic rings. The Bertz CT molecular complexity index is 944. The molecule has 0 saturated carbocycles. The van der Waals surface area contributed by atoms with Crippen LogP contribution in [-0.4, -0.2) is 16.8 Å². The molecular weight excluding hydrogens is 383 g/mol. The predicted octanol–water partition coefficient (Wildman–Crippen LogP) is 2.12. The van der Waals surface area contributed by atoms with Gasteiger partial charge in [-0.25, -0.2) is 26.7 Å². The van der Waals surface area contributed by atoms with Crippen molar-refractivity contribution in [1.82, 2.24) is 4.72 Å². The third-order valence-electron chi connectivity index (χ3n) is 2.91. The first-order valence-electron chi connectivity index (χ1n) is 6.16. The summed E-state index contributed by atoms with van der Waals surface area (Å²) in [5, 5.41) is 5.75. The molecule has 3 N–H and O–H groups in total. The zero-order chi connectivity index (χ0) is 17.3. The first-order valence-corrected chi connectivity index (χ1v) is 9.94. The van der Waals surface area contributed by atoms with E-state index in [1.807, 2.05) is 0 Å². The number of benzene rings is 2. The number of halogens is 2. The molecule has 0 spiro atoms. The Kier molecular flexibility index (Phi) is 5.34. The van der Waals surface area contributed by atoms with E-state index in [0.717, 1.165) is 6.07 Å². The van der Waals surface area contributed by atoms with Crippen molar-refractivity contribution in [2.75, 3.05) is 0 Å². The molecule has 0 saturated heterocycles. The average molecular weight is 395 g/mol. The van der Waals surface area contributed by atoms with Gasteiger partial charge >= 0.3 is 0 Å². The number of primary sulfonamides is 1. The first kappa shape index (κ1) is 18.2. The van der Waals surface area contributed by atoms with E-state index in [4.69, 9.17) is 28.3 Å². The van der Waals surface area contributed by atoms with Crippen LogP contribution in [0.15, 0.2) is 52.3 Å². The molecule has 0 aliphatic heterocycles. The largest absolute Gasteiger partial charge is 0.240 e. The second-order valence-electron chi connectivity index (χ2n) is 4.58. The highest BCUT2D eigenvalue weighted by Gasteiger charge is 2.17. The van der Waals surface area contributed by atoms with Gasteiger partial charge in [-0.2, -0.15) is 0 Å². The van der Waals surface area contributed by atoms with Crippen LogP contribution in [0.3, 0.4) is 0 Å². The maximum absolute atomic E-state index is 12.2. The molecule has 0 aliphatic rings. The summed E-state index contributed by atoms with van der Waals surface area (Å²) in [6.07, 6.45) is 0. The van der Waals surface area contributed by atoms with Gasteiger partial charge in [0.1, 0.15) is 0 Å². The minimum atomic E-state index is -3.99. The summed E-state index contributed by atoms with van der Waals surface area (Å²) >= 11 is 11.7. The molecule has 0 fully saturated rings. The average Bonchev–Trinajstić information content (AvgIpc) is 2.45. The molecule has 10 heteroatoms. The van der Waals surface area contributed by atoms with E-state index in [1.165, 1.54) is 24.3 Å². The highest BCUT2D eigenvalue weighted by Crippen LogP contribution is 2.21. The van der Waals surface area contributed by atoms with Crippen molar-refractivity contribution in [3.8, 4) is 0 Å². The second-order valence-corrected chi connectivity index (χ2v) is 8.75. The summed E-state index contributed by atoms with van der Waals surface area (Å²) in [7, 11) is -7.92. The molecule has 0 radical (unpaired) electrons. The van der Waals surface area contributed by atoms with Crippen molar-refractivity contribution < 1.29 is 16.8 Å². The van der Waals surface area contributed by atoms with Gasteiger partial charge in [0.15, 0.2) is 0 Å². The number of hydrogen-bond acceptors (Lipinski definition) is 4. The van der Waals surface area contributed by atoms with E-state index in [9.17, 15) is 16.8 Å². The van der Waals surface area contributed by atoms with Gasteiger partial charge in [0.05, 0.1) is 9.79 Å². The maximum atomic E-state index is 12.2. The van der Waals surface area contributed by atoms with Crippen LogP contribution in [-0.2, 0) is 26.6 Å². The van der Waals surface area contributed by atoms with Gasteiger partial charge in [-0.3, -0.25) is 0 Å². The molecule has 0 aromatic heterocycles. The Hall–Kier alpha value is -1.16. The number of rotatable bonds is 5. The minimum Gasteiger partial charge on any atom is -0.225 e. The molecule has 6 nitrogen and oxygen atoms in total. The Morgan fingerprint density at radius 2 is 1.61 bits per heavy atom. The Balaban J connectivity index is 2.26. The molecule has 23 heavy (non-hydrogen) atoms. The fraction of sp³-hybridized carbons (Fsp3) is 0.0769. The van der Waals surface area contributed by atoms with Gasteiger partial charge in [0.25, 0.3) is 0 Å². The van der Waals surface area contributed by atoms with Crippen LogP contribution in [0, 0.1) is 0 Å². The molecule has 2 rings (SSSR count).